The lowest BCUT2D eigenvalue weighted by Crippen LogP contribution is -2.36. The number of phosphoric ester groups is 1. The van der Waals surface area contributed by atoms with Crippen LogP contribution in [-0.2, 0) is 31.6 Å². The first-order valence-electron chi connectivity index (χ1n) is 16.6. The number of nitrogens with one attached hydrogen (secondary N) is 1. The molecule has 60 heavy (non-hydrogen) atoms. The third-order valence-electron chi connectivity index (χ3n) is 8.43. The van der Waals surface area contributed by atoms with E-state index >= 15 is 0 Å². The van der Waals surface area contributed by atoms with Crippen molar-refractivity contribution >= 4 is 52.1 Å². The number of hydrogen-bond donors (Lipinski definition) is 10. The third-order valence-corrected chi connectivity index (χ3v) is 12.2. The normalized spacial score (nSPS) is 19.9. The number of carbonyl (C=O) groups is 2. The molecule has 2 unspecified atom stereocenters. The maximum absolute atomic E-state index is 13.1. The smallest absolute Gasteiger partial charge is 0.490 e. The zero-order valence-corrected chi connectivity index (χ0v) is 32.5. The van der Waals surface area contributed by atoms with Gasteiger partial charge < -0.3 is 60.2 Å². The van der Waals surface area contributed by atoms with Crippen molar-refractivity contribution in [1.29, 1.82) is 0 Å². The number of aromatic nitrogens is 2. The van der Waals surface area contributed by atoms with Crippen LogP contribution in [0.3, 0.4) is 0 Å². The van der Waals surface area contributed by atoms with Crippen molar-refractivity contribution in [2.75, 3.05) is 18.9 Å². The van der Waals surface area contributed by atoms with Gasteiger partial charge in [-0.15, -0.1) is 0 Å². The van der Waals surface area contributed by atoms with Gasteiger partial charge in [-0.1, -0.05) is 17.9 Å². The van der Waals surface area contributed by atoms with E-state index in [0.29, 0.717) is 21.1 Å². The summed E-state index contributed by atoms with van der Waals surface area (Å²) in [7, 11) is -17.2. The fourth-order valence-electron chi connectivity index (χ4n) is 5.92. The van der Waals surface area contributed by atoms with Gasteiger partial charge in [0.25, 0.3) is 5.91 Å². The van der Waals surface area contributed by atoms with Crippen molar-refractivity contribution in [2.45, 2.75) is 24.5 Å². The molecule has 1 aromatic heterocycles. The number of aromatic carboxylic acids is 1. The lowest BCUT2D eigenvalue weighted by Gasteiger charge is -2.19. The Morgan fingerprint density at radius 3 is 2.35 bits per heavy atom. The summed E-state index contributed by atoms with van der Waals surface area (Å²) in [4.78, 5) is 90.4. The molecule has 0 bridgehead atoms. The Labute approximate surface area is 333 Å². The molecular formula is C33H29N4O20P3. The number of ether oxygens (including phenoxy) is 1. The van der Waals surface area contributed by atoms with E-state index in [9.17, 15) is 63.1 Å². The molecule has 0 saturated carbocycles. The van der Waals surface area contributed by atoms with Crippen molar-refractivity contribution in [3.8, 4) is 40.0 Å². The molecule has 1 fully saturated rings. The number of rotatable bonds is 12. The molecule has 3 aromatic rings. The summed E-state index contributed by atoms with van der Waals surface area (Å²) < 4.78 is 57.9. The number of aromatic hydroxyl groups is 1. The van der Waals surface area contributed by atoms with Crippen LogP contribution >= 0.6 is 23.5 Å². The topological polar surface area (TPSA) is 387 Å². The molecule has 0 radical (unpaired) electrons. The Balaban J connectivity index is 1.17. The molecular weight excluding hydrogens is 865 g/mol. The lowest BCUT2D eigenvalue weighted by atomic mass is 9.90. The second-order valence-electron chi connectivity index (χ2n) is 12.5. The van der Waals surface area contributed by atoms with Gasteiger partial charge in [0.2, 0.25) is 0 Å². The zero-order valence-electron chi connectivity index (χ0n) is 29.8. The molecule has 1 saturated heterocycles. The number of anilines is 1. The molecule has 1 aliphatic carbocycles. The highest BCUT2D eigenvalue weighted by atomic mass is 31.3. The van der Waals surface area contributed by atoms with Crippen LogP contribution < -0.4 is 22.2 Å². The van der Waals surface area contributed by atoms with Crippen LogP contribution in [0.15, 0.2) is 74.8 Å². The largest absolute Gasteiger partial charge is 0.508 e. The molecule has 2 aromatic carbocycles. The molecule has 11 N–H and O–H groups in total. The molecule has 2 aliphatic heterocycles. The molecule has 24 nitrogen and oxygen atoms in total. The van der Waals surface area contributed by atoms with E-state index in [2.05, 4.69) is 35.3 Å². The van der Waals surface area contributed by atoms with Gasteiger partial charge in [-0.25, -0.2) is 23.3 Å². The number of carbonyl (C=O) groups excluding carboxylic acids is 1. The number of nitrogens with zero attached hydrogens (tertiary/aromatic N) is 2. The van der Waals surface area contributed by atoms with Crippen LogP contribution in [0.4, 0.5) is 5.82 Å². The van der Waals surface area contributed by atoms with E-state index in [1.54, 1.807) is 0 Å². The average Bonchev–Trinajstić information content (AvgIpc) is 3.42. The van der Waals surface area contributed by atoms with Gasteiger partial charge in [0.1, 0.15) is 41.2 Å². The van der Waals surface area contributed by atoms with E-state index in [1.807, 2.05) is 0 Å². The highest BCUT2D eigenvalue weighted by molar-refractivity contribution is 7.66. The highest BCUT2D eigenvalue weighted by Gasteiger charge is 2.47. The quantitative estimate of drug-likeness (QED) is 0.0471. The molecule has 0 spiro atoms. The summed E-state index contributed by atoms with van der Waals surface area (Å²) in [6, 6.07) is 12.0. The molecule has 316 valence electrons. The predicted molar refractivity (Wildman–Crippen MR) is 201 cm³/mol. The van der Waals surface area contributed by atoms with E-state index in [1.165, 1.54) is 48.5 Å². The number of aliphatic hydroxyl groups is 2. The Morgan fingerprint density at radius 2 is 1.65 bits per heavy atom. The van der Waals surface area contributed by atoms with Crippen LogP contribution in [0, 0.1) is 11.8 Å². The van der Waals surface area contributed by atoms with Crippen molar-refractivity contribution < 1.29 is 85.6 Å². The first kappa shape index (κ1) is 44.0. The maximum Gasteiger partial charge on any atom is 0.490 e. The summed E-state index contributed by atoms with van der Waals surface area (Å²) in [5.41, 5.74) is 4.87. The van der Waals surface area contributed by atoms with Crippen molar-refractivity contribution in [1.82, 2.24) is 14.9 Å². The Bertz CT molecular complexity index is 2850. The van der Waals surface area contributed by atoms with E-state index in [0.717, 1.165) is 12.3 Å². The second-order valence-corrected chi connectivity index (χ2v) is 16.9. The number of fused-ring (bicyclic) bond motifs is 2. The van der Waals surface area contributed by atoms with E-state index < -0.39 is 78.0 Å². The minimum atomic E-state index is -5.86. The third kappa shape index (κ3) is 9.88. The number of phenolic OH excluding ortho intramolecular Hbond substituents is 1. The number of nitrogen functional groups attached to an aromatic ring is 1. The molecule has 1 amide bonds. The second kappa shape index (κ2) is 16.8. The van der Waals surface area contributed by atoms with E-state index in [-0.39, 0.29) is 51.3 Å². The summed E-state index contributed by atoms with van der Waals surface area (Å²) in [5, 5.41) is 44.2. The van der Waals surface area contributed by atoms with E-state index in [4.69, 9.17) is 24.7 Å². The number of benzene rings is 3. The fourth-order valence-corrected chi connectivity index (χ4v) is 8.95. The average molecular weight is 895 g/mol. The molecule has 3 heterocycles. The number of aliphatic hydroxyl groups excluding tert-OH is 2. The van der Waals surface area contributed by atoms with Gasteiger partial charge in [0.05, 0.1) is 24.3 Å². The van der Waals surface area contributed by atoms with Crippen LogP contribution in [0.1, 0.15) is 32.5 Å². The fraction of sp³-hybridized carbons (Fsp3) is 0.182. The minimum absolute atomic E-state index is 0.0881. The number of carboxylic acid groups (broad SMARTS) is 1. The highest BCUT2D eigenvalue weighted by Crippen LogP contribution is 2.66. The van der Waals surface area contributed by atoms with Gasteiger partial charge in [-0.3, -0.25) is 18.7 Å². The Hall–Kier alpha value is -5.60. The number of amides is 1. The van der Waals surface area contributed by atoms with Crippen molar-refractivity contribution in [3.05, 3.63) is 98.2 Å². The van der Waals surface area contributed by atoms with Crippen LogP contribution in [-0.4, -0.2) is 92.9 Å². The summed E-state index contributed by atoms with van der Waals surface area (Å²) in [5.74, 6) is 2.53. The monoisotopic (exact) mass is 894 g/mol. The lowest BCUT2D eigenvalue weighted by molar-refractivity contribution is -0.0541. The van der Waals surface area contributed by atoms with Gasteiger partial charge in [0, 0.05) is 40.4 Å². The van der Waals surface area contributed by atoms with Gasteiger partial charge >= 0.3 is 35.1 Å². The standard InChI is InChI=1S/C33H29N4O20P3/c34-29-16(13-37(33(45)36-29)31-28(41)27(40)25(55-31)14-53-59(49,50)57-60(51,52)56-58(46,47)48)2-1-9-35-30(42)15-3-6-19(22(10-15)32(43)44)26-20-7-4-17(38)11-23(20)54-24-12-18(39)5-8-21(24)26/h3-8,10-13,25,27-28,31,38,40-41H,9,14H2,(H,35,42)(H,43,44)(H,49,50)(H,51,52)(H2,34,36,45)(H2,46,47,48)/t25-,27-,28-,31-/m1/s1. The predicted octanol–water partition coefficient (Wildman–Crippen LogP) is 0.852. The molecule has 3 aliphatic rings. The van der Waals surface area contributed by atoms with Crippen LogP contribution in [0.25, 0.3) is 33.4 Å². The molecule has 6 atom stereocenters. The molecule has 6 rings (SSSR count). The summed E-state index contributed by atoms with van der Waals surface area (Å²) >= 11 is 0. The molecule has 27 heteroatoms. The maximum atomic E-state index is 13.1. The number of carboxylic acids is 1. The van der Waals surface area contributed by atoms with Gasteiger partial charge in [-0.2, -0.15) is 13.6 Å². The summed E-state index contributed by atoms with van der Waals surface area (Å²) in [6.45, 7) is -1.54. The van der Waals surface area contributed by atoms with Crippen molar-refractivity contribution in [2.24, 2.45) is 0 Å². The van der Waals surface area contributed by atoms with Gasteiger partial charge in [-0.05, 0) is 42.0 Å². The number of nitrogens with two attached hydrogens (primary N) is 1. The number of phenols is 1. The van der Waals surface area contributed by atoms with Crippen molar-refractivity contribution in [3.63, 3.8) is 0 Å². The Morgan fingerprint density at radius 1 is 0.933 bits per heavy atom. The first-order valence-corrected chi connectivity index (χ1v) is 21.1. The Kier molecular flexibility index (Phi) is 12.3. The first-order chi connectivity index (χ1) is 28.0. The number of hydrogen-bond acceptors (Lipinski definition) is 17. The van der Waals surface area contributed by atoms with Crippen LogP contribution in [0.2, 0.25) is 0 Å². The summed E-state index contributed by atoms with van der Waals surface area (Å²) in [6.07, 6.45) is -6.43. The number of phosphoric acid groups is 3. The SMILES string of the molecule is Nc1nc(=O)n([C@@H]2O[C@H](COP(=O)(O)OP(=O)(O)OP(=O)(O)O)[C@@H](O)[C@H]2O)cc1C#CCNC(=O)c1ccc(-c2c3ccc(=O)cc-3oc3cc(O)ccc23)c(C(=O)O)c1. The zero-order chi connectivity index (χ0) is 43.9. The van der Waals surface area contributed by atoms with Crippen LogP contribution in [0.5, 0.6) is 5.75 Å². The minimum Gasteiger partial charge on any atom is -0.508 e. The van der Waals surface area contributed by atoms with Gasteiger partial charge in [0.15, 0.2) is 11.7 Å².